The van der Waals surface area contributed by atoms with Crippen LogP contribution in [0.3, 0.4) is 0 Å². The van der Waals surface area contributed by atoms with Crippen LogP contribution in [0.2, 0.25) is 0 Å². The van der Waals surface area contributed by atoms with E-state index in [2.05, 4.69) is 45.3 Å². The predicted octanol–water partition coefficient (Wildman–Crippen LogP) is 4.92. The van der Waals surface area contributed by atoms with E-state index in [1.807, 2.05) is 11.3 Å². The Labute approximate surface area is 128 Å². The van der Waals surface area contributed by atoms with Crippen LogP contribution in [0.1, 0.15) is 76.9 Å². The topological polar surface area (TPSA) is 24.9 Å². The molecule has 1 heterocycles. The number of hydrogen-bond donors (Lipinski definition) is 1. The first-order valence-electron chi connectivity index (χ1n) is 8.19. The molecule has 0 aromatic carbocycles. The number of hydrogen-bond acceptors (Lipinski definition) is 3. The maximum Gasteiger partial charge on any atom is 0.113 e. The molecule has 1 aromatic heterocycles. The van der Waals surface area contributed by atoms with Gasteiger partial charge in [0.05, 0.1) is 11.2 Å². The van der Waals surface area contributed by atoms with Gasteiger partial charge in [-0.15, -0.1) is 11.3 Å². The van der Waals surface area contributed by atoms with Crippen molar-refractivity contribution in [1.82, 2.24) is 10.3 Å². The van der Waals surface area contributed by atoms with Crippen molar-refractivity contribution >= 4 is 11.3 Å². The molecule has 2 nitrogen and oxygen atoms in total. The highest BCUT2D eigenvalue weighted by atomic mass is 32.1. The van der Waals surface area contributed by atoms with E-state index < -0.39 is 0 Å². The quantitative estimate of drug-likeness (QED) is 0.834. The Bertz CT molecular complexity index is 414. The Kier molecular flexibility index (Phi) is 5.25. The molecule has 0 saturated heterocycles. The van der Waals surface area contributed by atoms with Crippen LogP contribution in [0.25, 0.3) is 0 Å². The minimum Gasteiger partial charge on any atom is -0.306 e. The van der Waals surface area contributed by atoms with E-state index in [0.717, 1.165) is 18.4 Å². The Hall–Kier alpha value is -0.410. The monoisotopic (exact) mass is 294 g/mol. The maximum atomic E-state index is 4.95. The van der Waals surface area contributed by atoms with Gasteiger partial charge in [0, 0.05) is 5.38 Å². The molecule has 1 aromatic rings. The molecule has 1 aliphatic carbocycles. The smallest absolute Gasteiger partial charge is 0.113 e. The van der Waals surface area contributed by atoms with Crippen molar-refractivity contribution in [3.8, 4) is 0 Å². The molecule has 0 radical (unpaired) electrons. The molecule has 0 bridgehead atoms. The summed E-state index contributed by atoms with van der Waals surface area (Å²) < 4.78 is 0. The average Bonchev–Trinajstić information content (AvgIpc) is 2.90. The zero-order chi connectivity index (χ0) is 14.8. The molecule has 20 heavy (non-hydrogen) atoms. The van der Waals surface area contributed by atoms with Gasteiger partial charge in [-0.2, -0.15) is 0 Å². The molecular weight excluding hydrogens is 264 g/mol. The highest BCUT2D eigenvalue weighted by molar-refractivity contribution is 7.09. The molecule has 1 saturated carbocycles. The predicted molar refractivity (Wildman–Crippen MR) is 88.4 cm³/mol. The van der Waals surface area contributed by atoms with Gasteiger partial charge in [-0.05, 0) is 50.0 Å². The molecule has 0 amide bonds. The van der Waals surface area contributed by atoms with Crippen molar-refractivity contribution in [1.29, 1.82) is 0 Å². The van der Waals surface area contributed by atoms with Gasteiger partial charge in [0.2, 0.25) is 0 Å². The zero-order valence-electron chi connectivity index (χ0n) is 13.7. The van der Waals surface area contributed by atoms with Crippen LogP contribution in [-0.4, -0.2) is 11.5 Å². The molecule has 0 atom stereocenters. The summed E-state index contributed by atoms with van der Waals surface area (Å²) in [6.45, 7) is 12.4. The highest BCUT2D eigenvalue weighted by Crippen LogP contribution is 2.43. The van der Waals surface area contributed by atoms with Crippen molar-refractivity contribution < 1.29 is 0 Å². The van der Waals surface area contributed by atoms with Gasteiger partial charge >= 0.3 is 0 Å². The van der Waals surface area contributed by atoms with Crippen LogP contribution < -0.4 is 5.32 Å². The SMILES string of the molecule is CCNC1(c2nc(C(C)C)cs2)CCC(C(C)C)CC1. The number of nitrogens with zero attached hydrogens (tertiary/aromatic N) is 1. The normalized spacial score (nSPS) is 27.4. The van der Waals surface area contributed by atoms with Gasteiger partial charge in [0.15, 0.2) is 0 Å². The molecule has 114 valence electrons. The summed E-state index contributed by atoms with van der Waals surface area (Å²) in [5, 5.41) is 7.36. The van der Waals surface area contributed by atoms with Crippen molar-refractivity contribution in [2.75, 3.05) is 6.54 Å². The molecule has 0 unspecified atom stereocenters. The number of aromatic nitrogens is 1. The van der Waals surface area contributed by atoms with Crippen molar-refractivity contribution in [3.05, 3.63) is 16.1 Å². The third kappa shape index (κ3) is 3.25. The largest absolute Gasteiger partial charge is 0.306 e. The molecule has 3 heteroatoms. The lowest BCUT2D eigenvalue weighted by Gasteiger charge is -2.40. The zero-order valence-corrected chi connectivity index (χ0v) is 14.5. The second-order valence-electron chi connectivity index (χ2n) is 6.93. The van der Waals surface area contributed by atoms with Crippen molar-refractivity contribution in [2.45, 2.75) is 71.8 Å². The third-order valence-corrected chi connectivity index (χ3v) is 5.93. The molecular formula is C17H30N2S. The van der Waals surface area contributed by atoms with E-state index in [9.17, 15) is 0 Å². The van der Waals surface area contributed by atoms with Crippen LogP contribution in [0.15, 0.2) is 5.38 Å². The first-order chi connectivity index (χ1) is 9.48. The van der Waals surface area contributed by atoms with Crippen LogP contribution in [0.5, 0.6) is 0 Å². The van der Waals surface area contributed by atoms with Gasteiger partial charge in [-0.1, -0.05) is 34.6 Å². The summed E-state index contributed by atoms with van der Waals surface area (Å²) in [7, 11) is 0. The minimum atomic E-state index is 0.151. The maximum absolute atomic E-state index is 4.95. The van der Waals surface area contributed by atoms with Crippen LogP contribution in [0.4, 0.5) is 0 Å². The summed E-state index contributed by atoms with van der Waals surface area (Å²) in [6.07, 6.45) is 5.16. The van der Waals surface area contributed by atoms with E-state index in [-0.39, 0.29) is 5.54 Å². The second kappa shape index (κ2) is 6.57. The lowest BCUT2D eigenvalue weighted by atomic mass is 9.73. The van der Waals surface area contributed by atoms with Crippen molar-refractivity contribution in [2.24, 2.45) is 11.8 Å². The fourth-order valence-electron chi connectivity index (χ4n) is 3.38. The number of thiazole rings is 1. The minimum absolute atomic E-state index is 0.151. The van der Waals surface area contributed by atoms with Crippen LogP contribution in [0, 0.1) is 11.8 Å². The lowest BCUT2D eigenvalue weighted by molar-refractivity contribution is 0.162. The molecule has 1 N–H and O–H groups in total. The molecule has 0 spiro atoms. The summed E-state index contributed by atoms with van der Waals surface area (Å²) in [4.78, 5) is 4.95. The molecule has 1 aliphatic rings. The van der Waals surface area contributed by atoms with E-state index in [0.29, 0.717) is 5.92 Å². The first-order valence-corrected chi connectivity index (χ1v) is 9.07. The van der Waals surface area contributed by atoms with Gasteiger partial charge in [0.1, 0.15) is 5.01 Å². The summed E-state index contributed by atoms with van der Waals surface area (Å²) in [5.74, 6) is 2.24. The number of rotatable bonds is 5. The van der Waals surface area contributed by atoms with E-state index in [1.54, 1.807) is 0 Å². The summed E-state index contributed by atoms with van der Waals surface area (Å²) in [6, 6.07) is 0. The van der Waals surface area contributed by atoms with Gasteiger partial charge in [-0.25, -0.2) is 4.98 Å². The third-order valence-electron chi connectivity index (χ3n) is 4.86. The number of nitrogens with one attached hydrogen (secondary N) is 1. The van der Waals surface area contributed by atoms with Gasteiger partial charge in [0.25, 0.3) is 0 Å². The standard InChI is InChI=1S/C17H30N2S/c1-6-18-17(9-7-14(8-10-17)12(2)3)16-19-15(11-20-16)13(4)5/h11-14,18H,6-10H2,1-5H3. The first kappa shape index (κ1) is 16.0. The summed E-state index contributed by atoms with van der Waals surface area (Å²) >= 11 is 1.86. The highest BCUT2D eigenvalue weighted by Gasteiger charge is 2.39. The Morgan fingerprint density at radius 1 is 1.30 bits per heavy atom. The Morgan fingerprint density at radius 2 is 1.95 bits per heavy atom. The Balaban J connectivity index is 2.18. The fourth-order valence-corrected chi connectivity index (χ4v) is 4.59. The van der Waals surface area contributed by atoms with E-state index in [1.165, 1.54) is 36.4 Å². The average molecular weight is 295 g/mol. The van der Waals surface area contributed by atoms with Crippen LogP contribution in [-0.2, 0) is 5.54 Å². The Morgan fingerprint density at radius 3 is 2.40 bits per heavy atom. The summed E-state index contributed by atoms with van der Waals surface area (Å²) in [5.41, 5.74) is 1.41. The molecule has 1 fully saturated rings. The van der Waals surface area contributed by atoms with Crippen LogP contribution >= 0.6 is 11.3 Å². The molecule has 0 aliphatic heterocycles. The van der Waals surface area contributed by atoms with Gasteiger partial charge in [-0.3, -0.25) is 0 Å². The molecule has 2 rings (SSSR count). The van der Waals surface area contributed by atoms with E-state index >= 15 is 0 Å². The fraction of sp³-hybridized carbons (Fsp3) is 0.824. The van der Waals surface area contributed by atoms with Gasteiger partial charge < -0.3 is 5.32 Å². The van der Waals surface area contributed by atoms with Crippen molar-refractivity contribution in [3.63, 3.8) is 0 Å². The lowest BCUT2D eigenvalue weighted by Crippen LogP contribution is -2.45. The second-order valence-corrected chi connectivity index (χ2v) is 7.78. The van der Waals surface area contributed by atoms with E-state index in [4.69, 9.17) is 4.98 Å².